The van der Waals surface area contributed by atoms with Gasteiger partial charge in [-0.05, 0) is 25.7 Å². The smallest absolute Gasteiger partial charge is 0.233 e. The molecular formula is C13H17N7. The molecule has 0 bridgehead atoms. The molecule has 2 N–H and O–H groups in total. The number of piperidine rings is 1. The normalized spacial score (nSPS) is 22.9. The summed E-state index contributed by atoms with van der Waals surface area (Å²) in [4.78, 5) is 6.19. The summed E-state index contributed by atoms with van der Waals surface area (Å²) in [5.74, 6) is 1.58. The van der Waals surface area contributed by atoms with Gasteiger partial charge < -0.3 is 10.6 Å². The van der Waals surface area contributed by atoms with E-state index in [2.05, 4.69) is 40.0 Å². The molecule has 3 rings (SSSR count). The zero-order valence-electron chi connectivity index (χ0n) is 11.6. The van der Waals surface area contributed by atoms with Crippen molar-refractivity contribution in [1.82, 2.24) is 19.6 Å². The molecule has 0 unspecified atom stereocenters. The van der Waals surface area contributed by atoms with Crippen LogP contribution in [0.2, 0.25) is 0 Å². The van der Waals surface area contributed by atoms with Crippen molar-refractivity contribution in [2.24, 2.45) is 5.92 Å². The number of aromatic nitrogens is 4. The quantitative estimate of drug-likeness (QED) is 0.837. The first-order valence-electron chi connectivity index (χ1n) is 6.78. The van der Waals surface area contributed by atoms with Crippen molar-refractivity contribution >= 4 is 17.4 Å². The number of nitrogen functional groups attached to an aromatic ring is 1. The van der Waals surface area contributed by atoms with Gasteiger partial charge in [-0.3, -0.25) is 0 Å². The second-order valence-electron chi connectivity index (χ2n) is 5.48. The van der Waals surface area contributed by atoms with E-state index in [1.165, 1.54) is 12.6 Å². The van der Waals surface area contributed by atoms with Crippen molar-refractivity contribution in [3.63, 3.8) is 0 Å². The maximum absolute atomic E-state index is 9.26. The van der Waals surface area contributed by atoms with E-state index in [1.807, 2.05) is 0 Å². The Morgan fingerprint density at radius 3 is 2.90 bits per heavy atom. The lowest BCUT2D eigenvalue weighted by atomic mass is 9.95. The Kier molecular flexibility index (Phi) is 2.93. The molecule has 2 aromatic heterocycles. The van der Waals surface area contributed by atoms with Crippen LogP contribution in [-0.2, 0) is 0 Å². The maximum Gasteiger partial charge on any atom is 0.233 e. The predicted octanol–water partition coefficient (Wildman–Crippen LogP) is 1.20. The van der Waals surface area contributed by atoms with Gasteiger partial charge in [0.15, 0.2) is 5.82 Å². The minimum atomic E-state index is 0.292. The van der Waals surface area contributed by atoms with Gasteiger partial charge in [0.05, 0.1) is 6.20 Å². The summed E-state index contributed by atoms with van der Waals surface area (Å²) in [5.41, 5.74) is 6.67. The van der Waals surface area contributed by atoms with Crippen molar-refractivity contribution < 1.29 is 0 Å². The Labute approximate surface area is 117 Å². The topological polar surface area (TPSA) is 96.1 Å². The number of rotatable bonds is 1. The Morgan fingerprint density at radius 2 is 2.15 bits per heavy atom. The van der Waals surface area contributed by atoms with Gasteiger partial charge in [-0.25, -0.2) is 9.38 Å². The number of anilines is 2. The molecule has 2 aromatic rings. The Balaban J connectivity index is 2.17. The van der Waals surface area contributed by atoms with Crippen LogP contribution >= 0.6 is 0 Å². The summed E-state index contributed by atoms with van der Waals surface area (Å²) >= 11 is 0. The molecule has 104 valence electrons. The van der Waals surface area contributed by atoms with E-state index in [0.717, 1.165) is 13.0 Å². The summed E-state index contributed by atoms with van der Waals surface area (Å²) in [5, 5.41) is 17.6. The van der Waals surface area contributed by atoms with Crippen molar-refractivity contribution in [3.05, 3.63) is 11.9 Å². The van der Waals surface area contributed by atoms with Crippen LogP contribution in [-0.4, -0.2) is 32.2 Å². The fraction of sp³-hybridized carbons (Fsp3) is 0.538. The minimum absolute atomic E-state index is 0.292. The molecule has 0 aromatic carbocycles. The lowest BCUT2D eigenvalue weighted by Crippen LogP contribution is -2.42. The largest absolute Gasteiger partial charge is 0.381 e. The first-order chi connectivity index (χ1) is 9.61. The first-order valence-corrected chi connectivity index (χ1v) is 6.78. The molecule has 7 nitrogen and oxygen atoms in total. The first kappa shape index (κ1) is 12.7. The van der Waals surface area contributed by atoms with Gasteiger partial charge in [-0.1, -0.05) is 6.92 Å². The average molecular weight is 271 g/mol. The molecule has 0 radical (unpaired) electrons. The van der Waals surface area contributed by atoms with Crippen LogP contribution in [0.3, 0.4) is 0 Å². The van der Waals surface area contributed by atoms with Gasteiger partial charge in [0, 0.05) is 12.6 Å². The average Bonchev–Trinajstić information content (AvgIpc) is 2.88. The van der Waals surface area contributed by atoms with Crippen LogP contribution in [0.4, 0.5) is 11.8 Å². The van der Waals surface area contributed by atoms with E-state index in [4.69, 9.17) is 5.73 Å². The number of hydrogen-bond acceptors (Lipinski definition) is 6. The van der Waals surface area contributed by atoms with E-state index >= 15 is 0 Å². The number of nitrogens with zero attached hydrogens (tertiary/aromatic N) is 6. The molecule has 1 aliphatic rings. The van der Waals surface area contributed by atoms with E-state index in [1.54, 1.807) is 4.40 Å². The predicted molar refractivity (Wildman–Crippen MR) is 75.1 cm³/mol. The fourth-order valence-corrected chi connectivity index (χ4v) is 2.74. The van der Waals surface area contributed by atoms with Crippen LogP contribution in [0.1, 0.15) is 32.4 Å². The Hall–Kier alpha value is -2.36. The van der Waals surface area contributed by atoms with Gasteiger partial charge in [0.1, 0.15) is 11.8 Å². The number of nitriles is 1. The molecule has 20 heavy (non-hydrogen) atoms. The Morgan fingerprint density at radius 1 is 1.35 bits per heavy atom. The summed E-state index contributed by atoms with van der Waals surface area (Å²) in [6.45, 7) is 5.31. The summed E-state index contributed by atoms with van der Waals surface area (Å²) < 4.78 is 1.71. The van der Waals surface area contributed by atoms with Crippen molar-refractivity contribution in [3.8, 4) is 6.07 Å². The summed E-state index contributed by atoms with van der Waals surface area (Å²) in [6.07, 6.45) is 3.79. The second kappa shape index (κ2) is 4.63. The monoisotopic (exact) mass is 271 g/mol. The number of hydrogen-bond donors (Lipinski definition) is 1. The third-order valence-electron chi connectivity index (χ3n) is 3.93. The molecular weight excluding hydrogens is 254 g/mol. The molecule has 2 atom stereocenters. The van der Waals surface area contributed by atoms with Crippen LogP contribution in [0, 0.1) is 17.2 Å². The molecule has 1 aliphatic heterocycles. The van der Waals surface area contributed by atoms with Crippen LogP contribution in [0.15, 0.2) is 6.20 Å². The Bertz CT molecular complexity index is 684. The van der Waals surface area contributed by atoms with Gasteiger partial charge in [0.2, 0.25) is 11.6 Å². The fourth-order valence-electron chi connectivity index (χ4n) is 2.74. The molecule has 0 saturated carbocycles. The molecule has 0 spiro atoms. The molecule has 3 heterocycles. The number of nitrogens with two attached hydrogens (primary N) is 1. The lowest BCUT2D eigenvalue weighted by molar-refractivity contribution is 0.385. The van der Waals surface area contributed by atoms with Gasteiger partial charge in [-0.2, -0.15) is 5.26 Å². The highest BCUT2D eigenvalue weighted by molar-refractivity contribution is 5.64. The van der Waals surface area contributed by atoms with E-state index in [-0.39, 0.29) is 0 Å². The maximum atomic E-state index is 9.26. The second-order valence-corrected chi connectivity index (χ2v) is 5.48. The van der Waals surface area contributed by atoms with Crippen molar-refractivity contribution in [2.45, 2.75) is 32.7 Å². The van der Waals surface area contributed by atoms with E-state index < -0.39 is 0 Å². The van der Waals surface area contributed by atoms with Gasteiger partial charge in [-0.15, -0.1) is 10.2 Å². The van der Waals surface area contributed by atoms with Crippen molar-refractivity contribution in [2.75, 3.05) is 17.2 Å². The van der Waals surface area contributed by atoms with Crippen LogP contribution < -0.4 is 10.6 Å². The van der Waals surface area contributed by atoms with Crippen LogP contribution in [0.25, 0.3) is 5.65 Å². The highest BCUT2D eigenvalue weighted by atomic mass is 15.4. The number of fused-ring (bicyclic) bond motifs is 1. The molecule has 0 aliphatic carbocycles. The molecule has 0 amide bonds. The summed E-state index contributed by atoms with van der Waals surface area (Å²) in [6, 6.07) is 2.50. The van der Waals surface area contributed by atoms with Crippen molar-refractivity contribution in [1.29, 1.82) is 5.26 Å². The third kappa shape index (κ3) is 1.84. The molecule has 1 saturated heterocycles. The zero-order valence-corrected chi connectivity index (χ0v) is 11.6. The standard InChI is InChI=1S/C13H17N7/c1-8-3-4-9(2)19(7-8)13-18-17-12-11(15)16-6-10(5-14)20(12)13/h6,8-9H,3-4,7H2,1-2H3,(H2,15,16)/t8-,9+/m1/s1. The van der Waals surface area contributed by atoms with Gasteiger partial charge >= 0.3 is 0 Å². The third-order valence-corrected chi connectivity index (χ3v) is 3.93. The van der Waals surface area contributed by atoms with Gasteiger partial charge in [0.25, 0.3) is 0 Å². The molecule has 1 fully saturated rings. The van der Waals surface area contributed by atoms with E-state index in [0.29, 0.717) is 35.1 Å². The minimum Gasteiger partial charge on any atom is -0.381 e. The summed E-state index contributed by atoms with van der Waals surface area (Å²) in [7, 11) is 0. The molecule has 7 heteroatoms. The van der Waals surface area contributed by atoms with Crippen LogP contribution in [0.5, 0.6) is 0 Å². The zero-order chi connectivity index (χ0) is 14.3. The van der Waals surface area contributed by atoms with E-state index in [9.17, 15) is 5.26 Å². The highest BCUT2D eigenvalue weighted by Crippen LogP contribution is 2.27. The highest BCUT2D eigenvalue weighted by Gasteiger charge is 2.27. The lowest BCUT2D eigenvalue weighted by Gasteiger charge is -2.36. The SMILES string of the molecule is C[C@@H]1CC[C@H](C)N(c2nnc3c(N)ncc(C#N)n23)C1.